The zero-order chi connectivity index (χ0) is 28.8. The molecular formula is C25H27F4N3O6S. The first-order valence-corrected chi connectivity index (χ1v) is 13.5. The molecule has 39 heavy (non-hydrogen) atoms. The molecule has 2 aromatic rings. The van der Waals surface area contributed by atoms with Crippen molar-refractivity contribution in [2.24, 2.45) is 5.92 Å². The van der Waals surface area contributed by atoms with Gasteiger partial charge in [0.2, 0.25) is 11.5 Å². The average molecular weight is 574 g/mol. The molecule has 2 atom stereocenters. The monoisotopic (exact) mass is 573 g/mol. The second-order valence-electron chi connectivity index (χ2n) is 9.92. The molecule has 0 spiro atoms. The summed E-state index contributed by atoms with van der Waals surface area (Å²) in [6, 6.07) is 7.59. The highest BCUT2D eigenvalue weighted by atomic mass is 32.2. The van der Waals surface area contributed by atoms with E-state index in [1.807, 2.05) is 0 Å². The zero-order valence-electron chi connectivity index (χ0n) is 21.2. The second kappa shape index (κ2) is 10.2. The van der Waals surface area contributed by atoms with E-state index in [0.29, 0.717) is 13.8 Å². The first kappa shape index (κ1) is 28.5. The van der Waals surface area contributed by atoms with Crippen LogP contribution in [0.5, 0.6) is 5.75 Å². The first-order valence-electron chi connectivity index (χ1n) is 12.0. The summed E-state index contributed by atoms with van der Waals surface area (Å²) in [6.45, 7) is 2.49. The molecule has 2 amide bonds. The molecule has 14 heteroatoms. The van der Waals surface area contributed by atoms with Gasteiger partial charge in [-0.05, 0) is 75.1 Å². The van der Waals surface area contributed by atoms with Crippen LogP contribution in [0.2, 0.25) is 0 Å². The van der Waals surface area contributed by atoms with Crippen molar-refractivity contribution >= 4 is 33.4 Å². The van der Waals surface area contributed by atoms with Crippen molar-refractivity contribution in [3.63, 3.8) is 0 Å². The van der Waals surface area contributed by atoms with Gasteiger partial charge in [0.25, 0.3) is 10.0 Å². The Kier molecular flexibility index (Phi) is 7.45. The molecule has 2 aromatic carbocycles. The van der Waals surface area contributed by atoms with E-state index in [2.05, 4.69) is 15.4 Å². The number of carbonyl (C=O) groups is 2. The number of fused-ring (bicyclic) bond motifs is 1. The molecule has 2 aliphatic rings. The molecule has 0 saturated heterocycles. The lowest BCUT2D eigenvalue weighted by Crippen LogP contribution is -2.55. The van der Waals surface area contributed by atoms with Crippen molar-refractivity contribution < 1.29 is 45.0 Å². The highest BCUT2D eigenvalue weighted by molar-refractivity contribution is 7.92. The van der Waals surface area contributed by atoms with Crippen LogP contribution in [-0.2, 0) is 19.6 Å². The minimum absolute atomic E-state index is 0.0131. The maximum absolute atomic E-state index is 13.7. The SMILES string of the molecule is CC(=O)NC(C1CC1)C1CN(S(=O)(=O)c2ccc(F)cc2)c2cc(NC(=O)OC(C)(C)C(F)(F)F)ccc2O1. The number of alkyl halides is 3. The lowest BCUT2D eigenvalue weighted by atomic mass is 10.0. The van der Waals surface area contributed by atoms with Gasteiger partial charge in [-0.25, -0.2) is 17.6 Å². The molecule has 0 radical (unpaired) electrons. The fourth-order valence-electron chi connectivity index (χ4n) is 4.14. The fraction of sp³-hybridized carbons (Fsp3) is 0.440. The minimum Gasteiger partial charge on any atom is -0.484 e. The Bertz CT molecular complexity index is 1360. The number of hydrogen-bond acceptors (Lipinski definition) is 6. The van der Waals surface area contributed by atoms with Crippen LogP contribution >= 0.6 is 0 Å². The molecule has 212 valence electrons. The van der Waals surface area contributed by atoms with Gasteiger partial charge in [0.05, 0.1) is 23.2 Å². The van der Waals surface area contributed by atoms with Gasteiger partial charge in [0.15, 0.2) is 0 Å². The van der Waals surface area contributed by atoms with Crippen LogP contribution in [0, 0.1) is 11.7 Å². The Morgan fingerprint density at radius 3 is 2.31 bits per heavy atom. The number of halogens is 4. The van der Waals surface area contributed by atoms with Crippen LogP contribution in [0.1, 0.15) is 33.6 Å². The van der Waals surface area contributed by atoms with Crippen molar-refractivity contribution in [3.8, 4) is 5.75 Å². The van der Waals surface area contributed by atoms with Gasteiger partial charge in [0.1, 0.15) is 17.7 Å². The number of nitrogens with one attached hydrogen (secondary N) is 2. The van der Waals surface area contributed by atoms with Gasteiger partial charge >= 0.3 is 12.3 Å². The molecule has 0 bridgehead atoms. The molecule has 1 fully saturated rings. The van der Waals surface area contributed by atoms with E-state index < -0.39 is 45.9 Å². The molecule has 1 heterocycles. The number of hydrogen-bond donors (Lipinski definition) is 2. The molecule has 9 nitrogen and oxygen atoms in total. The van der Waals surface area contributed by atoms with Crippen LogP contribution in [0.3, 0.4) is 0 Å². The van der Waals surface area contributed by atoms with Gasteiger partial charge in [-0.15, -0.1) is 0 Å². The Balaban J connectivity index is 1.69. The number of carbonyl (C=O) groups excluding carboxylic acids is 2. The molecular weight excluding hydrogens is 546 g/mol. The summed E-state index contributed by atoms with van der Waals surface area (Å²) in [7, 11) is -4.30. The normalized spacial score (nSPS) is 18.4. The average Bonchev–Trinajstić information content (AvgIpc) is 3.66. The van der Waals surface area contributed by atoms with Gasteiger partial charge in [-0.2, -0.15) is 13.2 Å². The third kappa shape index (κ3) is 6.21. The molecule has 1 saturated carbocycles. The fourth-order valence-corrected chi connectivity index (χ4v) is 5.62. The van der Waals surface area contributed by atoms with Crippen molar-refractivity contribution in [2.45, 2.75) is 62.4 Å². The molecule has 4 rings (SSSR count). The van der Waals surface area contributed by atoms with Crippen molar-refractivity contribution in [1.82, 2.24) is 5.32 Å². The molecule has 0 aromatic heterocycles. The molecule has 2 unspecified atom stereocenters. The number of amides is 2. The summed E-state index contributed by atoms with van der Waals surface area (Å²) in [5, 5.41) is 5.02. The van der Waals surface area contributed by atoms with Crippen LogP contribution in [0.4, 0.5) is 33.7 Å². The second-order valence-corrected chi connectivity index (χ2v) is 11.8. The number of anilines is 2. The quantitative estimate of drug-likeness (QED) is 0.469. The van der Waals surface area contributed by atoms with Crippen molar-refractivity contribution in [2.75, 3.05) is 16.2 Å². The maximum Gasteiger partial charge on any atom is 0.427 e. The number of sulfonamides is 1. The Morgan fingerprint density at radius 1 is 1.10 bits per heavy atom. The van der Waals surface area contributed by atoms with Gasteiger partial charge < -0.3 is 14.8 Å². The van der Waals surface area contributed by atoms with Gasteiger partial charge in [-0.3, -0.25) is 14.4 Å². The zero-order valence-corrected chi connectivity index (χ0v) is 22.0. The third-order valence-electron chi connectivity index (χ3n) is 6.43. The number of benzene rings is 2. The van der Waals surface area contributed by atoms with E-state index in [0.717, 1.165) is 41.4 Å². The summed E-state index contributed by atoms with van der Waals surface area (Å²) < 4.78 is 91.9. The molecule has 1 aliphatic carbocycles. The van der Waals surface area contributed by atoms with Crippen LogP contribution in [-0.4, -0.2) is 50.9 Å². The predicted octanol–water partition coefficient (Wildman–Crippen LogP) is 4.59. The molecule has 1 aliphatic heterocycles. The number of ether oxygens (including phenoxy) is 2. The highest BCUT2D eigenvalue weighted by Gasteiger charge is 2.51. The number of rotatable bonds is 7. The van der Waals surface area contributed by atoms with E-state index in [1.54, 1.807) is 0 Å². The predicted molar refractivity (Wildman–Crippen MR) is 132 cm³/mol. The van der Waals surface area contributed by atoms with E-state index in [4.69, 9.17) is 4.74 Å². The smallest absolute Gasteiger partial charge is 0.427 e. The molecule has 2 N–H and O–H groups in total. The summed E-state index contributed by atoms with van der Waals surface area (Å²) >= 11 is 0. The first-order chi connectivity index (χ1) is 18.1. The Labute approximate surface area is 222 Å². The number of nitrogens with zero attached hydrogens (tertiary/aromatic N) is 1. The lowest BCUT2D eigenvalue weighted by molar-refractivity contribution is -0.242. The van der Waals surface area contributed by atoms with E-state index >= 15 is 0 Å². The summed E-state index contributed by atoms with van der Waals surface area (Å²) in [5.74, 6) is -0.763. The van der Waals surface area contributed by atoms with Crippen LogP contribution < -0.4 is 19.7 Å². The van der Waals surface area contributed by atoms with Crippen LogP contribution in [0.15, 0.2) is 47.4 Å². The van der Waals surface area contributed by atoms with E-state index in [1.165, 1.54) is 25.1 Å². The van der Waals surface area contributed by atoms with Gasteiger partial charge in [-0.1, -0.05) is 0 Å². The largest absolute Gasteiger partial charge is 0.484 e. The Morgan fingerprint density at radius 2 is 1.74 bits per heavy atom. The van der Waals surface area contributed by atoms with Gasteiger partial charge in [0, 0.05) is 12.6 Å². The summed E-state index contributed by atoms with van der Waals surface area (Å²) in [5.41, 5.74) is -2.85. The third-order valence-corrected chi connectivity index (χ3v) is 8.22. The van der Waals surface area contributed by atoms with Crippen molar-refractivity contribution in [3.05, 3.63) is 48.3 Å². The van der Waals surface area contributed by atoms with Crippen molar-refractivity contribution in [1.29, 1.82) is 0 Å². The summed E-state index contributed by atoms with van der Waals surface area (Å²) in [6.07, 6.45) is -5.36. The van der Waals surface area contributed by atoms with Crippen LogP contribution in [0.25, 0.3) is 0 Å². The maximum atomic E-state index is 13.7. The standard InChI is InChI=1S/C25H27F4N3O6S/c1-14(33)30-22(15-4-5-15)21-13-32(39(35,36)18-9-6-16(26)7-10-18)19-12-17(8-11-20(19)37-21)31-23(34)38-24(2,3)25(27,28)29/h6-12,15,21-22H,4-5,13H2,1-3H3,(H,30,33)(H,31,34). The van der Waals surface area contributed by atoms with E-state index in [-0.39, 0.29) is 40.4 Å². The highest BCUT2D eigenvalue weighted by Crippen LogP contribution is 2.43. The lowest BCUT2D eigenvalue weighted by Gasteiger charge is -2.39. The summed E-state index contributed by atoms with van der Waals surface area (Å²) in [4.78, 5) is 23.9. The Hall–Kier alpha value is -3.55. The minimum atomic E-state index is -4.82. The topological polar surface area (TPSA) is 114 Å². The van der Waals surface area contributed by atoms with E-state index in [9.17, 15) is 35.6 Å².